The van der Waals surface area contributed by atoms with Crippen molar-refractivity contribution in [3.8, 4) is 5.75 Å². The van der Waals surface area contributed by atoms with E-state index in [1.165, 1.54) is 0 Å². The number of nitrogens with zero attached hydrogens (tertiary/aromatic N) is 1. The molecule has 21 heavy (non-hydrogen) atoms. The summed E-state index contributed by atoms with van der Waals surface area (Å²) in [5, 5.41) is 11.2. The summed E-state index contributed by atoms with van der Waals surface area (Å²) in [6, 6.07) is 17.9. The molecule has 1 aromatic heterocycles. The minimum absolute atomic E-state index is 0.331. The summed E-state index contributed by atoms with van der Waals surface area (Å²) < 4.78 is 0. The Morgan fingerprint density at radius 3 is 2.67 bits per heavy atom. The van der Waals surface area contributed by atoms with E-state index in [1.807, 2.05) is 62.4 Å². The molecule has 0 bridgehead atoms. The third-order valence-corrected chi connectivity index (χ3v) is 3.64. The molecule has 3 rings (SSSR count). The van der Waals surface area contributed by atoms with Gasteiger partial charge >= 0.3 is 0 Å². The Morgan fingerprint density at radius 1 is 1.00 bits per heavy atom. The highest BCUT2D eigenvalue weighted by molar-refractivity contribution is 5.85. The number of phenolic OH excluding ortho intramolecular Hbond substituents is 1. The summed E-state index contributed by atoms with van der Waals surface area (Å²) >= 11 is 0. The number of phenols is 1. The van der Waals surface area contributed by atoms with Gasteiger partial charge in [0.05, 0.1) is 11.2 Å². The van der Waals surface area contributed by atoms with Crippen molar-refractivity contribution in [2.75, 3.05) is 0 Å². The maximum atomic E-state index is 10.1. The highest BCUT2D eigenvalue weighted by Gasteiger charge is 2.04. The van der Waals surface area contributed by atoms with Crippen molar-refractivity contribution in [1.82, 2.24) is 4.98 Å². The lowest BCUT2D eigenvalue weighted by atomic mass is 10.0. The Hall–Kier alpha value is -2.61. The van der Waals surface area contributed by atoms with Crippen LogP contribution in [0.15, 0.2) is 54.6 Å². The van der Waals surface area contributed by atoms with Crippen LogP contribution in [0.2, 0.25) is 0 Å². The Kier molecular flexibility index (Phi) is 3.44. The Balaban J connectivity index is 2.05. The van der Waals surface area contributed by atoms with Crippen molar-refractivity contribution < 1.29 is 5.11 Å². The largest absolute Gasteiger partial charge is 0.507 e. The smallest absolute Gasteiger partial charge is 0.125 e. The molecule has 0 radical (unpaired) electrons. The van der Waals surface area contributed by atoms with E-state index in [0.717, 1.165) is 33.3 Å². The summed E-state index contributed by atoms with van der Waals surface area (Å²) in [6.45, 7) is 3.91. The first kappa shape index (κ1) is 13.4. The van der Waals surface area contributed by atoms with E-state index in [1.54, 1.807) is 0 Å². The fraction of sp³-hybridized carbons (Fsp3) is 0.105. The molecule has 2 aromatic carbocycles. The zero-order chi connectivity index (χ0) is 14.8. The van der Waals surface area contributed by atoms with Crippen molar-refractivity contribution in [1.29, 1.82) is 0 Å². The van der Waals surface area contributed by atoms with Gasteiger partial charge in [-0.3, -0.25) is 0 Å². The predicted octanol–water partition coefficient (Wildman–Crippen LogP) is 4.81. The molecule has 0 saturated heterocycles. The first-order chi connectivity index (χ1) is 10.1. The van der Waals surface area contributed by atoms with Crippen molar-refractivity contribution in [2.45, 2.75) is 13.8 Å². The van der Waals surface area contributed by atoms with Gasteiger partial charge in [0.15, 0.2) is 0 Å². The van der Waals surface area contributed by atoms with Crippen LogP contribution in [0.5, 0.6) is 5.75 Å². The number of rotatable bonds is 2. The molecule has 0 saturated carbocycles. The fourth-order valence-electron chi connectivity index (χ4n) is 2.39. The molecule has 104 valence electrons. The number of para-hydroxylation sites is 2. The Labute approximate surface area is 124 Å². The molecule has 1 N–H and O–H groups in total. The quantitative estimate of drug-likeness (QED) is 0.728. The zero-order valence-corrected chi connectivity index (χ0v) is 12.2. The molecular weight excluding hydrogens is 258 g/mol. The summed E-state index contributed by atoms with van der Waals surface area (Å²) in [5.41, 5.74) is 4.64. The molecule has 0 unspecified atom stereocenters. The van der Waals surface area contributed by atoms with Crippen LogP contribution < -0.4 is 0 Å². The standard InChI is InChI=1S/C19H17NO/c1-13-6-5-8-16(19(13)21)12-14(2)17-11-10-15-7-3-4-9-18(15)20-17/h3-12,21H,1-2H3/b14-12+. The molecule has 0 spiro atoms. The third kappa shape index (κ3) is 2.65. The molecular formula is C19H17NO. The number of aryl methyl sites for hydroxylation is 1. The van der Waals surface area contributed by atoms with Crippen molar-refractivity contribution in [2.24, 2.45) is 0 Å². The van der Waals surface area contributed by atoms with Crippen LogP contribution in [0.3, 0.4) is 0 Å². The molecule has 0 fully saturated rings. The molecule has 3 aromatic rings. The van der Waals surface area contributed by atoms with Crippen LogP contribution in [-0.2, 0) is 0 Å². The Morgan fingerprint density at radius 2 is 1.81 bits per heavy atom. The van der Waals surface area contributed by atoms with Gasteiger partial charge in [-0.05, 0) is 43.2 Å². The second kappa shape index (κ2) is 5.41. The van der Waals surface area contributed by atoms with Gasteiger partial charge in [0.1, 0.15) is 5.75 Å². The summed E-state index contributed by atoms with van der Waals surface area (Å²) in [6.07, 6.45) is 1.97. The number of allylic oxidation sites excluding steroid dienone is 1. The lowest BCUT2D eigenvalue weighted by Crippen LogP contribution is -1.88. The average Bonchev–Trinajstić information content (AvgIpc) is 2.51. The first-order valence-corrected chi connectivity index (χ1v) is 6.98. The van der Waals surface area contributed by atoms with E-state index in [4.69, 9.17) is 0 Å². The van der Waals surface area contributed by atoms with Crippen LogP contribution in [0.4, 0.5) is 0 Å². The van der Waals surface area contributed by atoms with Gasteiger partial charge in [0.2, 0.25) is 0 Å². The van der Waals surface area contributed by atoms with Crippen molar-refractivity contribution in [3.63, 3.8) is 0 Å². The van der Waals surface area contributed by atoms with Gasteiger partial charge in [-0.25, -0.2) is 4.98 Å². The summed E-state index contributed by atoms with van der Waals surface area (Å²) in [5.74, 6) is 0.331. The van der Waals surface area contributed by atoms with E-state index >= 15 is 0 Å². The lowest BCUT2D eigenvalue weighted by molar-refractivity contribution is 0.470. The maximum absolute atomic E-state index is 10.1. The van der Waals surface area contributed by atoms with Crippen LogP contribution in [0.1, 0.15) is 23.7 Å². The fourth-order valence-corrected chi connectivity index (χ4v) is 2.39. The van der Waals surface area contributed by atoms with E-state index in [2.05, 4.69) is 17.1 Å². The molecule has 0 aliphatic carbocycles. The van der Waals surface area contributed by atoms with E-state index < -0.39 is 0 Å². The molecule has 2 heteroatoms. The van der Waals surface area contributed by atoms with Gasteiger partial charge in [-0.2, -0.15) is 0 Å². The van der Waals surface area contributed by atoms with Gasteiger partial charge in [0.25, 0.3) is 0 Å². The van der Waals surface area contributed by atoms with Crippen LogP contribution >= 0.6 is 0 Å². The van der Waals surface area contributed by atoms with Crippen molar-refractivity contribution in [3.05, 3.63) is 71.4 Å². The molecule has 0 amide bonds. The average molecular weight is 275 g/mol. The number of benzene rings is 2. The molecule has 0 aliphatic heterocycles. The number of aromatic hydroxyl groups is 1. The zero-order valence-electron chi connectivity index (χ0n) is 12.2. The highest BCUT2D eigenvalue weighted by Crippen LogP contribution is 2.26. The first-order valence-electron chi connectivity index (χ1n) is 6.98. The van der Waals surface area contributed by atoms with Crippen molar-refractivity contribution >= 4 is 22.6 Å². The highest BCUT2D eigenvalue weighted by atomic mass is 16.3. The molecule has 1 heterocycles. The number of hydrogen-bond donors (Lipinski definition) is 1. The van der Waals surface area contributed by atoms with Gasteiger partial charge in [-0.15, -0.1) is 0 Å². The van der Waals surface area contributed by atoms with Gasteiger partial charge in [0, 0.05) is 10.9 Å². The van der Waals surface area contributed by atoms with Gasteiger partial charge in [-0.1, -0.05) is 42.5 Å². The number of hydrogen-bond acceptors (Lipinski definition) is 2. The minimum atomic E-state index is 0.331. The molecule has 2 nitrogen and oxygen atoms in total. The second-order valence-electron chi connectivity index (χ2n) is 5.23. The Bertz CT molecular complexity index is 834. The summed E-state index contributed by atoms with van der Waals surface area (Å²) in [7, 11) is 0. The van der Waals surface area contributed by atoms with E-state index in [-0.39, 0.29) is 0 Å². The lowest BCUT2D eigenvalue weighted by Gasteiger charge is -2.06. The minimum Gasteiger partial charge on any atom is -0.507 e. The SMILES string of the molecule is C/C(=C\c1cccc(C)c1O)c1ccc2ccccc2n1. The topological polar surface area (TPSA) is 33.1 Å². The second-order valence-corrected chi connectivity index (χ2v) is 5.23. The van der Waals surface area contributed by atoms with E-state index in [0.29, 0.717) is 5.75 Å². The predicted molar refractivity (Wildman–Crippen MR) is 88.1 cm³/mol. The van der Waals surface area contributed by atoms with Crippen LogP contribution in [0, 0.1) is 6.92 Å². The monoisotopic (exact) mass is 275 g/mol. The van der Waals surface area contributed by atoms with Gasteiger partial charge < -0.3 is 5.11 Å². The number of pyridine rings is 1. The normalized spacial score (nSPS) is 11.8. The molecule has 0 aliphatic rings. The van der Waals surface area contributed by atoms with Crippen LogP contribution in [-0.4, -0.2) is 10.1 Å². The number of fused-ring (bicyclic) bond motifs is 1. The maximum Gasteiger partial charge on any atom is 0.125 e. The summed E-state index contributed by atoms with van der Waals surface area (Å²) in [4.78, 5) is 4.67. The van der Waals surface area contributed by atoms with Crippen LogP contribution in [0.25, 0.3) is 22.6 Å². The van der Waals surface area contributed by atoms with E-state index in [9.17, 15) is 5.11 Å². The third-order valence-electron chi connectivity index (χ3n) is 3.64. The number of aromatic nitrogens is 1. The molecule has 0 atom stereocenters.